The Bertz CT molecular complexity index is 1500. The van der Waals surface area contributed by atoms with Gasteiger partial charge < -0.3 is 14.6 Å². The quantitative estimate of drug-likeness (QED) is 0.371. The lowest BCUT2D eigenvalue weighted by Crippen LogP contribution is -2.18. The summed E-state index contributed by atoms with van der Waals surface area (Å²) in [6.45, 7) is 0. The lowest BCUT2D eigenvalue weighted by atomic mass is 10.0. The van der Waals surface area contributed by atoms with E-state index in [2.05, 4.69) is 0 Å². The van der Waals surface area contributed by atoms with Crippen molar-refractivity contribution in [3.8, 4) is 22.6 Å². The third-order valence-electron chi connectivity index (χ3n) is 6.42. The monoisotopic (exact) mass is 482 g/mol. The van der Waals surface area contributed by atoms with Crippen molar-refractivity contribution >= 4 is 23.8 Å². The van der Waals surface area contributed by atoms with Crippen molar-refractivity contribution in [3.63, 3.8) is 0 Å². The summed E-state index contributed by atoms with van der Waals surface area (Å²) in [7, 11) is 1.62. The molecule has 5 rings (SSSR count). The van der Waals surface area contributed by atoms with Gasteiger partial charge in [-0.05, 0) is 73.7 Å². The molecule has 7 nitrogen and oxygen atoms in total. The number of hydrogen-bond acceptors (Lipinski definition) is 5. The number of rotatable bonds is 7. The Morgan fingerprint density at radius 1 is 1.03 bits per heavy atom. The Hall–Kier alpha value is -4.39. The summed E-state index contributed by atoms with van der Waals surface area (Å²) in [4.78, 5) is 29.6. The number of nitrogens with zero attached hydrogens (tertiary/aromatic N) is 2. The van der Waals surface area contributed by atoms with Crippen LogP contribution in [0.3, 0.4) is 0 Å². The van der Waals surface area contributed by atoms with Gasteiger partial charge in [0.25, 0.3) is 5.56 Å². The van der Waals surface area contributed by atoms with Crippen molar-refractivity contribution in [1.29, 1.82) is 0 Å². The molecule has 0 bridgehead atoms. The van der Waals surface area contributed by atoms with Crippen LogP contribution in [0.5, 0.6) is 11.5 Å². The predicted octanol–water partition coefficient (Wildman–Crippen LogP) is 5.56. The highest BCUT2D eigenvalue weighted by Crippen LogP contribution is 2.36. The summed E-state index contributed by atoms with van der Waals surface area (Å²) in [5.41, 5.74) is 2.69. The van der Waals surface area contributed by atoms with E-state index in [1.54, 1.807) is 43.6 Å². The number of aromatic carboxylic acids is 1. The van der Waals surface area contributed by atoms with E-state index in [1.807, 2.05) is 30.3 Å². The largest absolute Gasteiger partial charge is 0.493 e. The Morgan fingerprint density at radius 3 is 2.53 bits per heavy atom. The predicted molar refractivity (Wildman–Crippen MR) is 139 cm³/mol. The Balaban J connectivity index is 1.62. The highest BCUT2D eigenvalue weighted by atomic mass is 16.5. The lowest BCUT2D eigenvalue weighted by Gasteiger charge is -2.18. The molecule has 0 aliphatic heterocycles. The van der Waals surface area contributed by atoms with Gasteiger partial charge in [0.1, 0.15) is 5.65 Å². The van der Waals surface area contributed by atoms with Crippen molar-refractivity contribution in [2.45, 2.75) is 31.8 Å². The molecule has 182 valence electrons. The number of pyridine rings is 1. The van der Waals surface area contributed by atoms with Crippen molar-refractivity contribution in [1.82, 2.24) is 9.38 Å². The van der Waals surface area contributed by atoms with Gasteiger partial charge in [0, 0.05) is 11.8 Å². The van der Waals surface area contributed by atoms with Gasteiger partial charge in [-0.2, -0.15) is 0 Å². The zero-order valence-corrected chi connectivity index (χ0v) is 19.9. The molecular formula is C29H26N2O5. The van der Waals surface area contributed by atoms with Crippen molar-refractivity contribution in [3.05, 3.63) is 94.0 Å². The normalized spacial score (nSPS) is 13.9. The summed E-state index contributed by atoms with van der Waals surface area (Å²) in [6.07, 6.45) is 9.83. The van der Waals surface area contributed by atoms with Crippen LogP contribution in [0.2, 0.25) is 0 Å². The van der Waals surface area contributed by atoms with Gasteiger partial charge in [-0.1, -0.05) is 30.3 Å². The van der Waals surface area contributed by atoms with Crippen molar-refractivity contribution in [2.75, 3.05) is 7.11 Å². The molecule has 0 spiro atoms. The fraction of sp³-hybridized carbons (Fsp3) is 0.207. The zero-order chi connectivity index (χ0) is 25.1. The number of benzene rings is 2. The molecule has 36 heavy (non-hydrogen) atoms. The smallest absolute Gasteiger partial charge is 0.335 e. The summed E-state index contributed by atoms with van der Waals surface area (Å²) < 4.78 is 13.4. The molecule has 1 aliphatic carbocycles. The van der Waals surface area contributed by atoms with E-state index in [9.17, 15) is 14.7 Å². The number of methoxy groups -OCH3 is 1. The molecule has 7 heteroatoms. The first-order valence-electron chi connectivity index (χ1n) is 11.9. The third kappa shape index (κ3) is 4.60. The molecule has 0 amide bonds. The molecule has 1 fully saturated rings. The summed E-state index contributed by atoms with van der Waals surface area (Å²) in [6, 6.07) is 17.3. The molecule has 2 aromatic heterocycles. The van der Waals surface area contributed by atoms with E-state index < -0.39 is 5.97 Å². The van der Waals surface area contributed by atoms with Crippen LogP contribution < -0.4 is 15.0 Å². The van der Waals surface area contributed by atoms with Gasteiger partial charge in [-0.3, -0.25) is 9.20 Å². The highest BCUT2D eigenvalue weighted by Gasteiger charge is 2.20. The van der Waals surface area contributed by atoms with Crippen LogP contribution in [-0.2, 0) is 0 Å². The molecule has 0 radical (unpaired) electrons. The minimum Gasteiger partial charge on any atom is -0.493 e. The van der Waals surface area contributed by atoms with Gasteiger partial charge in [0.2, 0.25) is 0 Å². The second-order valence-electron chi connectivity index (χ2n) is 8.72. The van der Waals surface area contributed by atoms with E-state index in [1.165, 1.54) is 16.5 Å². The zero-order valence-electron chi connectivity index (χ0n) is 19.9. The fourth-order valence-electron chi connectivity index (χ4n) is 4.57. The Kier molecular flexibility index (Phi) is 6.54. The second kappa shape index (κ2) is 10.1. The Labute approximate surface area is 208 Å². The van der Waals surface area contributed by atoms with Crippen LogP contribution in [0.1, 0.15) is 47.3 Å². The molecular weight excluding hydrogens is 456 g/mol. The summed E-state index contributed by atoms with van der Waals surface area (Å²) >= 11 is 0. The number of ether oxygens (including phenoxy) is 2. The molecule has 0 atom stereocenters. The van der Waals surface area contributed by atoms with Crippen molar-refractivity contribution in [2.24, 2.45) is 0 Å². The first kappa shape index (κ1) is 23.4. The van der Waals surface area contributed by atoms with Gasteiger partial charge in [0.05, 0.1) is 30.0 Å². The van der Waals surface area contributed by atoms with Crippen LogP contribution in [-0.4, -0.2) is 33.7 Å². The number of carboxylic acid groups (broad SMARTS) is 1. The van der Waals surface area contributed by atoms with Crippen molar-refractivity contribution < 1.29 is 19.4 Å². The Morgan fingerprint density at radius 2 is 1.81 bits per heavy atom. The maximum atomic E-state index is 13.5. The average Bonchev–Trinajstić information content (AvgIpc) is 3.41. The highest BCUT2D eigenvalue weighted by molar-refractivity contribution is 5.89. The van der Waals surface area contributed by atoms with Gasteiger partial charge in [0.15, 0.2) is 11.5 Å². The molecule has 0 unspecified atom stereocenters. The second-order valence-corrected chi connectivity index (χ2v) is 8.72. The first-order valence-corrected chi connectivity index (χ1v) is 11.9. The van der Waals surface area contributed by atoms with Crippen LogP contribution >= 0.6 is 0 Å². The molecule has 2 heterocycles. The van der Waals surface area contributed by atoms with E-state index in [0.29, 0.717) is 34.0 Å². The maximum absolute atomic E-state index is 13.5. The average molecular weight is 483 g/mol. The van der Waals surface area contributed by atoms with Crippen LogP contribution in [0.25, 0.3) is 28.9 Å². The number of carbonyl (C=O) groups is 1. The molecule has 2 aromatic carbocycles. The minimum absolute atomic E-state index is 0.148. The third-order valence-corrected chi connectivity index (χ3v) is 6.42. The summed E-state index contributed by atoms with van der Waals surface area (Å²) in [5.74, 6) is 0.302. The number of hydrogen-bond donors (Lipinski definition) is 1. The fourth-order valence-corrected chi connectivity index (χ4v) is 4.57. The number of carboxylic acids is 1. The van der Waals surface area contributed by atoms with Gasteiger partial charge in [-0.25, -0.2) is 9.78 Å². The number of para-hydroxylation sites is 1. The molecule has 4 aromatic rings. The molecule has 1 N–H and O–H groups in total. The van der Waals surface area contributed by atoms with Crippen LogP contribution in [0.15, 0.2) is 71.7 Å². The standard InChI is InChI=1S/C29H26N2O5/c1-35-24-10-6-7-20(27(24)36-22-8-2-3-9-22)16-17-23-26(19-12-14-21(15-13-19)29(33)34)28(32)31-18-5-4-11-25(31)30-23/h4-7,10-18,22H,2-3,8-9H2,1H3,(H,33,34)/b17-16+. The molecule has 1 saturated carbocycles. The van der Waals surface area contributed by atoms with Gasteiger partial charge in [-0.15, -0.1) is 0 Å². The lowest BCUT2D eigenvalue weighted by molar-refractivity contribution is 0.0697. The molecule has 1 aliphatic rings. The first-order chi connectivity index (χ1) is 17.5. The van der Waals surface area contributed by atoms with E-state index in [0.717, 1.165) is 31.2 Å². The van der Waals surface area contributed by atoms with Gasteiger partial charge >= 0.3 is 5.97 Å². The van der Waals surface area contributed by atoms with Crippen LogP contribution in [0, 0.1) is 0 Å². The maximum Gasteiger partial charge on any atom is 0.335 e. The van der Waals surface area contributed by atoms with E-state index >= 15 is 0 Å². The topological polar surface area (TPSA) is 90.1 Å². The van der Waals surface area contributed by atoms with E-state index in [-0.39, 0.29) is 17.2 Å². The molecule has 0 saturated heterocycles. The number of aromatic nitrogens is 2. The van der Waals surface area contributed by atoms with Crippen LogP contribution in [0.4, 0.5) is 0 Å². The minimum atomic E-state index is -1.03. The van der Waals surface area contributed by atoms with E-state index in [4.69, 9.17) is 14.5 Å². The SMILES string of the molecule is COc1cccc(/C=C/c2nc3ccccn3c(=O)c2-c2ccc(C(=O)O)cc2)c1OC1CCCC1. The summed E-state index contributed by atoms with van der Waals surface area (Å²) in [5, 5.41) is 9.27. The number of fused-ring (bicyclic) bond motifs is 1.